The van der Waals surface area contributed by atoms with Crippen molar-refractivity contribution in [1.82, 2.24) is 10.2 Å². The SMILES string of the molecule is O=C(NCC1C(C(=O)N2CCOC(C(=O)O)C2)C1(F)F)OCC1c2ccccc2-c2ccccc21. The highest BCUT2D eigenvalue weighted by atomic mass is 19.3. The summed E-state index contributed by atoms with van der Waals surface area (Å²) in [6.07, 6.45) is -2.07. The summed E-state index contributed by atoms with van der Waals surface area (Å²) in [5.74, 6) is -8.51. The molecule has 1 aliphatic heterocycles. The lowest BCUT2D eigenvalue weighted by Gasteiger charge is -2.31. The van der Waals surface area contributed by atoms with Gasteiger partial charge in [0.2, 0.25) is 5.91 Å². The maximum absolute atomic E-state index is 14.3. The van der Waals surface area contributed by atoms with Crippen molar-refractivity contribution in [3.8, 4) is 11.1 Å². The smallest absolute Gasteiger partial charge is 0.407 e. The van der Waals surface area contributed by atoms with Gasteiger partial charge in [-0.2, -0.15) is 0 Å². The number of aliphatic carboxylic acids is 1. The molecule has 1 saturated carbocycles. The van der Waals surface area contributed by atoms with Gasteiger partial charge < -0.3 is 24.8 Å². The Morgan fingerprint density at radius 1 is 1.09 bits per heavy atom. The lowest BCUT2D eigenvalue weighted by atomic mass is 9.98. The Morgan fingerprint density at radius 2 is 1.71 bits per heavy atom. The predicted molar refractivity (Wildman–Crippen MR) is 119 cm³/mol. The number of alkyl carbamates (subject to hydrolysis) is 1. The molecule has 0 spiro atoms. The summed E-state index contributed by atoms with van der Waals surface area (Å²) in [5.41, 5.74) is 4.21. The molecule has 0 radical (unpaired) electrons. The van der Waals surface area contributed by atoms with E-state index >= 15 is 0 Å². The van der Waals surface area contributed by atoms with Gasteiger partial charge in [0.15, 0.2) is 6.10 Å². The molecule has 2 amide bonds. The van der Waals surface area contributed by atoms with E-state index in [0.29, 0.717) is 0 Å². The van der Waals surface area contributed by atoms with Crippen molar-refractivity contribution in [2.75, 3.05) is 32.8 Å². The topological polar surface area (TPSA) is 105 Å². The van der Waals surface area contributed by atoms with Gasteiger partial charge in [-0.25, -0.2) is 18.4 Å². The lowest BCUT2D eigenvalue weighted by molar-refractivity contribution is -0.160. The van der Waals surface area contributed by atoms with E-state index in [1.807, 2.05) is 48.5 Å². The van der Waals surface area contributed by atoms with E-state index in [1.54, 1.807) is 0 Å². The number of amides is 2. The number of morpholine rings is 1. The third kappa shape index (κ3) is 4.22. The van der Waals surface area contributed by atoms with Crippen molar-refractivity contribution < 1.29 is 37.7 Å². The molecule has 2 fully saturated rings. The number of halogens is 2. The second kappa shape index (κ2) is 8.92. The van der Waals surface area contributed by atoms with Gasteiger partial charge in [-0.05, 0) is 22.3 Å². The number of ether oxygens (including phenoxy) is 2. The van der Waals surface area contributed by atoms with Crippen LogP contribution in [0.25, 0.3) is 11.1 Å². The fourth-order valence-corrected chi connectivity index (χ4v) is 5.02. The Bertz CT molecular complexity index is 1130. The first-order chi connectivity index (χ1) is 16.8. The van der Waals surface area contributed by atoms with Crippen molar-refractivity contribution in [2.24, 2.45) is 11.8 Å². The summed E-state index contributed by atoms with van der Waals surface area (Å²) in [5, 5.41) is 11.4. The standard InChI is InChI=1S/C25H24F2N2O6/c26-25(27)19(21(25)22(30)29-9-10-34-20(12-29)23(31)32)11-28-24(33)35-13-18-16-7-3-1-5-14(16)15-6-2-4-8-17(15)18/h1-8,18-21H,9-13H2,(H,28,33)(H,31,32). The highest BCUT2D eigenvalue weighted by molar-refractivity contribution is 5.85. The van der Waals surface area contributed by atoms with Gasteiger partial charge >= 0.3 is 12.1 Å². The van der Waals surface area contributed by atoms with Gasteiger partial charge in [0.1, 0.15) is 12.5 Å². The van der Waals surface area contributed by atoms with Crippen LogP contribution >= 0.6 is 0 Å². The number of carboxylic acid groups (broad SMARTS) is 1. The minimum Gasteiger partial charge on any atom is -0.479 e. The van der Waals surface area contributed by atoms with E-state index in [4.69, 9.17) is 14.6 Å². The second-order valence-electron chi connectivity index (χ2n) is 8.95. The number of benzene rings is 2. The summed E-state index contributed by atoms with van der Waals surface area (Å²) < 4.78 is 39.1. The molecule has 2 aromatic carbocycles. The zero-order valence-electron chi connectivity index (χ0n) is 18.7. The molecule has 5 rings (SSSR count). The number of nitrogens with zero attached hydrogens (tertiary/aromatic N) is 1. The molecular weight excluding hydrogens is 462 g/mol. The summed E-state index contributed by atoms with van der Waals surface area (Å²) in [4.78, 5) is 37.1. The highest BCUT2D eigenvalue weighted by Gasteiger charge is 2.72. The van der Waals surface area contributed by atoms with Gasteiger partial charge in [-0.1, -0.05) is 48.5 Å². The van der Waals surface area contributed by atoms with Crippen molar-refractivity contribution in [2.45, 2.75) is 17.9 Å². The molecule has 1 saturated heterocycles. The Balaban J connectivity index is 1.16. The second-order valence-corrected chi connectivity index (χ2v) is 8.95. The van der Waals surface area contributed by atoms with Crippen molar-refractivity contribution in [1.29, 1.82) is 0 Å². The zero-order chi connectivity index (χ0) is 24.7. The molecule has 0 bridgehead atoms. The minimum absolute atomic E-state index is 0.0380. The molecule has 1 heterocycles. The normalized spacial score (nSPS) is 24.3. The number of fused-ring (bicyclic) bond motifs is 3. The average Bonchev–Trinajstić information content (AvgIpc) is 3.26. The first-order valence-electron chi connectivity index (χ1n) is 11.4. The maximum atomic E-state index is 14.3. The number of carbonyl (C=O) groups is 3. The quantitative estimate of drug-likeness (QED) is 0.651. The fourth-order valence-electron chi connectivity index (χ4n) is 5.02. The highest BCUT2D eigenvalue weighted by Crippen LogP contribution is 2.55. The third-order valence-electron chi connectivity index (χ3n) is 6.93. The molecule has 2 aliphatic carbocycles. The van der Waals surface area contributed by atoms with Gasteiger partial charge in [0.25, 0.3) is 5.92 Å². The fraction of sp³-hybridized carbons (Fsp3) is 0.400. The van der Waals surface area contributed by atoms with Crippen LogP contribution in [-0.4, -0.2) is 72.9 Å². The van der Waals surface area contributed by atoms with Gasteiger partial charge in [0, 0.05) is 19.0 Å². The van der Waals surface area contributed by atoms with E-state index in [1.165, 1.54) is 0 Å². The number of nitrogens with one attached hydrogen (secondary N) is 1. The number of hydrogen-bond acceptors (Lipinski definition) is 5. The third-order valence-corrected chi connectivity index (χ3v) is 6.93. The van der Waals surface area contributed by atoms with Crippen LogP contribution in [0, 0.1) is 11.8 Å². The summed E-state index contributed by atoms with van der Waals surface area (Å²) in [6.45, 7) is -0.654. The van der Waals surface area contributed by atoms with Crippen molar-refractivity contribution in [3.63, 3.8) is 0 Å². The molecule has 0 aromatic heterocycles. The monoisotopic (exact) mass is 486 g/mol. The molecule has 35 heavy (non-hydrogen) atoms. The Morgan fingerprint density at radius 3 is 2.34 bits per heavy atom. The van der Waals surface area contributed by atoms with Gasteiger partial charge in [-0.15, -0.1) is 0 Å². The van der Waals surface area contributed by atoms with Crippen LogP contribution in [0.1, 0.15) is 17.0 Å². The van der Waals surface area contributed by atoms with Crippen LogP contribution < -0.4 is 5.32 Å². The number of rotatable bonds is 6. The van der Waals surface area contributed by atoms with Crippen LogP contribution in [-0.2, 0) is 19.1 Å². The van der Waals surface area contributed by atoms with Crippen molar-refractivity contribution >= 4 is 18.0 Å². The van der Waals surface area contributed by atoms with E-state index in [-0.39, 0.29) is 32.2 Å². The van der Waals surface area contributed by atoms with Crippen LogP contribution in [0.4, 0.5) is 13.6 Å². The molecule has 2 aromatic rings. The lowest BCUT2D eigenvalue weighted by Crippen LogP contribution is -2.49. The molecular formula is C25H24F2N2O6. The molecule has 3 unspecified atom stereocenters. The number of alkyl halides is 2. The maximum Gasteiger partial charge on any atom is 0.407 e. The summed E-state index contributed by atoms with van der Waals surface area (Å²) in [6, 6.07) is 15.7. The van der Waals surface area contributed by atoms with E-state index < -0.39 is 48.4 Å². The summed E-state index contributed by atoms with van der Waals surface area (Å²) in [7, 11) is 0. The van der Waals surface area contributed by atoms with Gasteiger partial charge in [-0.3, -0.25) is 4.79 Å². The molecule has 184 valence electrons. The molecule has 2 N–H and O–H groups in total. The number of carboxylic acids is 1. The predicted octanol–water partition coefficient (Wildman–Crippen LogP) is 2.72. The van der Waals surface area contributed by atoms with E-state index in [0.717, 1.165) is 27.2 Å². The van der Waals surface area contributed by atoms with E-state index in [9.17, 15) is 23.2 Å². The molecule has 3 aliphatic rings. The van der Waals surface area contributed by atoms with Crippen LogP contribution in [0.3, 0.4) is 0 Å². The van der Waals surface area contributed by atoms with Gasteiger partial charge in [0.05, 0.1) is 19.1 Å². The Kier molecular flexibility index (Phi) is 5.92. The molecule has 3 atom stereocenters. The van der Waals surface area contributed by atoms with Crippen LogP contribution in [0.5, 0.6) is 0 Å². The minimum atomic E-state index is -3.29. The number of carbonyl (C=O) groups excluding carboxylic acids is 2. The first-order valence-corrected chi connectivity index (χ1v) is 11.4. The van der Waals surface area contributed by atoms with Crippen LogP contribution in [0.15, 0.2) is 48.5 Å². The first kappa shape index (κ1) is 23.2. The average molecular weight is 486 g/mol. The van der Waals surface area contributed by atoms with Crippen LogP contribution in [0.2, 0.25) is 0 Å². The van der Waals surface area contributed by atoms with Crippen molar-refractivity contribution in [3.05, 3.63) is 59.7 Å². The Labute approximate surface area is 199 Å². The number of hydrogen-bond donors (Lipinski definition) is 2. The Hall–Kier alpha value is -3.53. The zero-order valence-corrected chi connectivity index (χ0v) is 18.7. The molecule has 8 nitrogen and oxygen atoms in total. The largest absolute Gasteiger partial charge is 0.479 e. The summed E-state index contributed by atoms with van der Waals surface area (Å²) >= 11 is 0. The molecule has 10 heteroatoms. The van der Waals surface area contributed by atoms with E-state index in [2.05, 4.69) is 5.32 Å².